The van der Waals surface area contributed by atoms with Crippen molar-refractivity contribution in [1.29, 1.82) is 0 Å². The summed E-state index contributed by atoms with van der Waals surface area (Å²) in [5, 5.41) is 0.841. The van der Waals surface area contributed by atoms with Gasteiger partial charge in [0.05, 0.1) is 0 Å². The average molecular weight is 385 g/mol. The zero-order valence-electron chi connectivity index (χ0n) is 16.6. The molecule has 6 rings (SSSR count). The number of rotatable bonds is 0. The molecule has 0 atom stereocenters. The molecule has 1 fully saturated rings. The summed E-state index contributed by atoms with van der Waals surface area (Å²) in [6.45, 7) is 4.74. The summed E-state index contributed by atoms with van der Waals surface area (Å²) in [7, 11) is 0. The molecular formula is C27H25Cl. The van der Waals surface area contributed by atoms with Gasteiger partial charge in [0.2, 0.25) is 0 Å². The Hall–Kier alpha value is -2.05. The first kappa shape index (κ1) is 16.9. The van der Waals surface area contributed by atoms with Crippen LogP contribution in [0.15, 0.2) is 54.6 Å². The normalized spacial score (nSPS) is 19.8. The number of halogens is 1. The Kier molecular flexibility index (Phi) is 3.32. The smallest absolute Gasteiger partial charge is 0.0412 e. The lowest BCUT2D eigenvalue weighted by molar-refractivity contribution is 0.353. The minimum atomic E-state index is 0.0227. The van der Waals surface area contributed by atoms with Crippen LogP contribution < -0.4 is 0 Å². The second-order valence-corrected chi connectivity index (χ2v) is 9.85. The van der Waals surface area contributed by atoms with E-state index in [1.54, 1.807) is 11.1 Å². The largest absolute Gasteiger partial charge is 0.0843 e. The molecule has 3 aromatic carbocycles. The van der Waals surface area contributed by atoms with Crippen molar-refractivity contribution in [2.75, 3.05) is 0 Å². The molecule has 1 spiro atoms. The van der Waals surface area contributed by atoms with Crippen LogP contribution in [0.5, 0.6) is 0 Å². The maximum Gasteiger partial charge on any atom is 0.0412 e. The Morgan fingerprint density at radius 3 is 2.29 bits per heavy atom. The Morgan fingerprint density at radius 1 is 0.714 bits per heavy atom. The van der Waals surface area contributed by atoms with E-state index in [2.05, 4.69) is 68.4 Å². The standard InChI is InChI=1S/C27H25Cl/c1-26(2)21-12-10-17(28)16-20(21)24-23(26)13-11-19-18-8-4-5-9-22(18)27(25(19)24)14-6-3-7-15-27/h4-5,8-13,16H,3,6-7,14-15H2,1-2H3. The maximum atomic E-state index is 6.50. The van der Waals surface area contributed by atoms with Crippen LogP contribution in [0.2, 0.25) is 5.02 Å². The third kappa shape index (κ3) is 1.93. The summed E-state index contributed by atoms with van der Waals surface area (Å²) in [4.78, 5) is 0. The van der Waals surface area contributed by atoms with E-state index >= 15 is 0 Å². The van der Waals surface area contributed by atoms with Crippen LogP contribution >= 0.6 is 11.6 Å². The molecule has 0 amide bonds. The first-order chi connectivity index (χ1) is 13.5. The fourth-order valence-electron chi connectivity index (χ4n) is 6.48. The molecule has 0 saturated heterocycles. The highest BCUT2D eigenvalue weighted by Gasteiger charge is 2.48. The molecule has 0 aromatic heterocycles. The van der Waals surface area contributed by atoms with E-state index in [1.807, 2.05) is 0 Å². The molecule has 0 radical (unpaired) electrons. The summed E-state index contributed by atoms with van der Waals surface area (Å²) < 4.78 is 0. The van der Waals surface area contributed by atoms with Crippen molar-refractivity contribution < 1.29 is 0 Å². The zero-order valence-corrected chi connectivity index (χ0v) is 17.4. The van der Waals surface area contributed by atoms with Gasteiger partial charge in [0.1, 0.15) is 0 Å². The minimum Gasteiger partial charge on any atom is -0.0843 e. The predicted molar refractivity (Wildman–Crippen MR) is 118 cm³/mol. The van der Waals surface area contributed by atoms with Gasteiger partial charge in [-0.3, -0.25) is 0 Å². The third-order valence-electron chi connectivity index (χ3n) is 7.72. The molecule has 28 heavy (non-hydrogen) atoms. The van der Waals surface area contributed by atoms with Gasteiger partial charge in [-0.15, -0.1) is 0 Å². The van der Waals surface area contributed by atoms with Gasteiger partial charge in [-0.1, -0.05) is 87.2 Å². The molecule has 0 bridgehead atoms. The average Bonchev–Trinajstić information content (AvgIpc) is 3.10. The van der Waals surface area contributed by atoms with Gasteiger partial charge in [-0.05, 0) is 69.5 Å². The predicted octanol–water partition coefficient (Wildman–Crippen LogP) is 7.88. The quantitative estimate of drug-likeness (QED) is 0.369. The summed E-state index contributed by atoms with van der Waals surface area (Å²) in [6, 6.07) is 20.5. The second-order valence-electron chi connectivity index (χ2n) is 9.41. The lowest BCUT2D eigenvalue weighted by Crippen LogP contribution is -2.29. The van der Waals surface area contributed by atoms with Gasteiger partial charge in [-0.2, -0.15) is 0 Å². The Bertz CT molecular complexity index is 1130. The molecule has 3 aliphatic carbocycles. The van der Waals surface area contributed by atoms with E-state index < -0.39 is 0 Å². The topological polar surface area (TPSA) is 0 Å². The van der Waals surface area contributed by atoms with Crippen LogP contribution in [-0.2, 0) is 10.8 Å². The SMILES string of the molecule is CC1(C)c2ccc(Cl)cc2-c2c1ccc1c2C2(CCCCC2)c2ccccc2-1. The van der Waals surface area contributed by atoms with E-state index in [0.29, 0.717) is 0 Å². The highest BCUT2D eigenvalue weighted by Crippen LogP contribution is 2.62. The molecular weight excluding hydrogens is 360 g/mol. The minimum absolute atomic E-state index is 0.0227. The third-order valence-corrected chi connectivity index (χ3v) is 7.96. The van der Waals surface area contributed by atoms with Crippen LogP contribution in [0.4, 0.5) is 0 Å². The van der Waals surface area contributed by atoms with Crippen LogP contribution in [0.25, 0.3) is 22.3 Å². The highest BCUT2D eigenvalue weighted by molar-refractivity contribution is 6.31. The number of hydrogen-bond acceptors (Lipinski definition) is 0. The Morgan fingerprint density at radius 2 is 1.46 bits per heavy atom. The van der Waals surface area contributed by atoms with Crippen molar-refractivity contribution in [1.82, 2.24) is 0 Å². The maximum absolute atomic E-state index is 6.50. The van der Waals surface area contributed by atoms with Crippen LogP contribution in [0.1, 0.15) is 68.2 Å². The fraction of sp³-hybridized carbons (Fsp3) is 0.333. The van der Waals surface area contributed by atoms with Gasteiger partial charge in [-0.25, -0.2) is 0 Å². The molecule has 0 nitrogen and oxygen atoms in total. The summed E-state index contributed by atoms with van der Waals surface area (Å²) >= 11 is 6.50. The number of hydrogen-bond donors (Lipinski definition) is 0. The Balaban J connectivity index is 1.76. The van der Waals surface area contributed by atoms with Crippen molar-refractivity contribution in [3.63, 3.8) is 0 Å². The van der Waals surface area contributed by atoms with Crippen molar-refractivity contribution >= 4 is 11.6 Å². The second kappa shape index (κ2) is 5.51. The molecule has 0 N–H and O–H groups in total. The van der Waals surface area contributed by atoms with E-state index in [4.69, 9.17) is 11.6 Å². The molecule has 0 heterocycles. The summed E-state index contributed by atoms with van der Waals surface area (Å²) in [6.07, 6.45) is 6.54. The monoisotopic (exact) mass is 384 g/mol. The zero-order chi connectivity index (χ0) is 19.1. The van der Waals surface area contributed by atoms with Crippen molar-refractivity contribution in [2.24, 2.45) is 0 Å². The van der Waals surface area contributed by atoms with Gasteiger partial charge in [0.15, 0.2) is 0 Å². The lowest BCUT2D eigenvalue weighted by atomic mass is 9.66. The molecule has 1 heteroatoms. The molecule has 3 aromatic rings. The van der Waals surface area contributed by atoms with E-state index in [-0.39, 0.29) is 10.8 Å². The molecule has 0 aliphatic heterocycles. The van der Waals surface area contributed by atoms with Crippen LogP contribution in [0.3, 0.4) is 0 Å². The van der Waals surface area contributed by atoms with E-state index in [9.17, 15) is 0 Å². The highest BCUT2D eigenvalue weighted by atomic mass is 35.5. The van der Waals surface area contributed by atoms with Crippen molar-refractivity contribution in [3.05, 3.63) is 81.9 Å². The van der Waals surface area contributed by atoms with Crippen LogP contribution in [-0.4, -0.2) is 0 Å². The van der Waals surface area contributed by atoms with Gasteiger partial charge >= 0.3 is 0 Å². The van der Waals surface area contributed by atoms with Crippen molar-refractivity contribution in [3.8, 4) is 22.3 Å². The molecule has 140 valence electrons. The summed E-state index contributed by atoms with van der Waals surface area (Å²) in [5.74, 6) is 0. The number of benzene rings is 3. The molecule has 3 aliphatic rings. The van der Waals surface area contributed by atoms with E-state index in [0.717, 1.165) is 5.02 Å². The van der Waals surface area contributed by atoms with Gasteiger partial charge in [0, 0.05) is 15.9 Å². The lowest BCUT2D eigenvalue weighted by Gasteiger charge is -2.37. The first-order valence-corrected chi connectivity index (χ1v) is 11.0. The van der Waals surface area contributed by atoms with E-state index in [1.165, 1.54) is 65.5 Å². The molecule has 1 saturated carbocycles. The van der Waals surface area contributed by atoms with Crippen LogP contribution in [0, 0.1) is 0 Å². The number of fused-ring (bicyclic) bond motifs is 9. The summed E-state index contributed by atoms with van der Waals surface area (Å²) in [5.41, 5.74) is 12.0. The molecule has 0 unspecified atom stereocenters. The fourth-order valence-corrected chi connectivity index (χ4v) is 6.65. The Labute approximate surface area is 172 Å². The van der Waals surface area contributed by atoms with Gasteiger partial charge in [0.25, 0.3) is 0 Å². The first-order valence-electron chi connectivity index (χ1n) is 10.6. The van der Waals surface area contributed by atoms with Crippen molar-refractivity contribution in [2.45, 2.75) is 56.8 Å². The van der Waals surface area contributed by atoms with Gasteiger partial charge < -0.3 is 0 Å².